The minimum absolute atomic E-state index is 0.0392. The van der Waals surface area contributed by atoms with E-state index in [2.05, 4.69) is 4.74 Å². The quantitative estimate of drug-likeness (QED) is 0.621. The molecule has 0 heterocycles. The summed E-state index contributed by atoms with van der Waals surface area (Å²) in [4.78, 5) is 11.1. The number of rotatable bonds is 2. The van der Waals surface area contributed by atoms with E-state index in [9.17, 15) is 9.18 Å². The first-order valence-corrected chi connectivity index (χ1v) is 4.79. The van der Waals surface area contributed by atoms with Crippen LogP contribution in [0.3, 0.4) is 0 Å². The predicted octanol–water partition coefficient (Wildman–Crippen LogP) is 2.23. The molecule has 1 rings (SSSR count). The number of methoxy groups -OCH3 is 2. The average molecular weight is 310 g/mol. The van der Waals surface area contributed by atoms with Crippen molar-refractivity contribution in [3.05, 3.63) is 27.1 Å². The van der Waals surface area contributed by atoms with Crippen molar-refractivity contribution in [2.24, 2.45) is 0 Å². The monoisotopic (exact) mass is 310 g/mol. The van der Waals surface area contributed by atoms with Gasteiger partial charge in [-0.2, -0.15) is 0 Å². The van der Waals surface area contributed by atoms with E-state index in [1.54, 1.807) is 0 Å². The molecule has 0 bridgehead atoms. The van der Waals surface area contributed by atoms with Crippen molar-refractivity contribution < 1.29 is 18.7 Å². The van der Waals surface area contributed by atoms with Gasteiger partial charge in [-0.25, -0.2) is 9.18 Å². The molecule has 1 aromatic rings. The molecule has 0 aliphatic carbocycles. The van der Waals surface area contributed by atoms with Crippen LogP contribution in [0.4, 0.5) is 4.39 Å². The summed E-state index contributed by atoms with van der Waals surface area (Å²) in [5.74, 6) is -1.36. The van der Waals surface area contributed by atoms with Gasteiger partial charge in [0, 0.05) is 3.57 Å². The van der Waals surface area contributed by atoms with Crippen LogP contribution in [-0.2, 0) is 4.74 Å². The third kappa shape index (κ3) is 2.14. The number of benzene rings is 1. The molecule has 0 aromatic heterocycles. The van der Waals surface area contributed by atoms with E-state index in [0.29, 0.717) is 3.57 Å². The molecule has 0 amide bonds. The molecule has 0 atom stereocenters. The lowest BCUT2D eigenvalue weighted by Gasteiger charge is -2.06. The number of hydrogen-bond donors (Lipinski definition) is 0. The first-order valence-electron chi connectivity index (χ1n) is 3.71. The van der Waals surface area contributed by atoms with Gasteiger partial charge >= 0.3 is 5.97 Å². The van der Waals surface area contributed by atoms with Crippen molar-refractivity contribution in [1.29, 1.82) is 0 Å². The fourth-order valence-corrected chi connectivity index (χ4v) is 1.57. The van der Waals surface area contributed by atoms with Crippen molar-refractivity contribution in [3.63, 3.8) is 0 Å². The predicted molar refractivity (Wildman–Crippen MR) is 57.0 cm³/mol. The lowest BCUT2D eigenvalue weighted by molar-refractivity contribution is 0.0594. The minimum Gasteiger partial charge on any atom is -0.494 e. The maximum Gasteiger partial charge on any atom is 0.341 e. The van der Waals surface area contributed by atoms with E-state index in [4.69, 9.17) is 4.74 Å². The number of hydrogen-bond acceptors (Lipinski definition) is 3. The fraction of sp³-hybridized carbons (Fsp3) is 0.222. The molecule has 0 N–H and O–H groups in total. The van der Waals surface area contributed by atoms with Crippen molar-refractivity contribution in [3.8, 4) is 5.75 Å². The highest BCUT2D eigenvalue weighted by Crippen LogP contribution is 2.24. The van der Waals surface area contributed by atoms with Crippen LogP contribution in [0.2, 0.25) is 0 Å². The lowest BCUT2D eigenvalue weighted by Crippen LogP contribution is -2.06. The zero-order valence-corrected chi connectivity index (χ0v) is 9.79. The van der Waals surface area contributed by atoms with Crippen molar-refractivity contribution in [1.82, 2.24) is 0 Å². The van der Waals surface area contributed by atoms with E-state index in [0.717, 1.165) is 0 Å². The Balaban J connectivity index is 3.29. The number of ether oxygens (including phenoxy) is 2. The summed E-state index contributed by atoms with van der Waals surface area (Å²) in [5.41, 5.74) is -0.115. The van der Waals surface area contributed by atoms with Crippen LogP contribution in [0.25, 0.3) is 0 Å². The fourth-order valence-electron chi connectivity index (χ4n) is 0.971. The molecule has 14 heavy (non-hydrogen) atoms. The molecule has 0 radical (unpaired) electrons. The summed E-state index contributed by atoms with van der Waals surface area (Å²) in [7, 11) is 2.55. The smallest absolute Gasteiger partial charge is 0.341 e. The normalized spacial score (nSPS) is 9.71. The van der Waals surface area contributed by atoms with Crippen LogP contribution in [-0.4, -0.2) is 20.2 Å². The maximum atomic E-state index is 13.5. The van der Waals surface area contributed by atoms with E-state index in [1.165, 1.54) is 26.4 Å². The maximum absolute atomic E-state index is 13.5. The number of carbonyl (C=O) groups excluding carboxylic acids is 1. The van der Waals surface area contributed by atoms with E-state index < -0.39 is 11.8 Å². The van der Waals surface area contributed by atoms with E-state index >= 15 is 0 Å². The summed E-state index contributed by atoms with van der Waals surface area (Å²) < 4.78 is 23.4. The van der Waals surface area contributed by atoms with Crippen molar-refractivity contribution in [2.45, 2.75) is 0 Å². The van der Waals surface area contributed by atoms with Gasteiger partial charge in [-0.1, -0.05) is 0 Å². The van der Waals surface area contributed by atoms with Crippen LogP contribution in [0, 0.1) is 9.39 Å². The molecule has 3 nitrogen and oxygen atoms in total. The molecule has 0 spiro atoms. The lowest BCUT2D eigenvalue weighted by atomic mass is 10.2. The molecule has 0 aliphatic rings. The average Bonchev–Trinajstić information content (AvgIpc) is 2.19. The van der Waals surface area contributed by atoms with Crippen LogP contribution in [0.15, 0.2) is 12.1 Å². The summed E-state index contributed by atoms with van der Waals surface area (Å²) in [6.07, 6.45) is 0. The number of carbonyl (C=O) groups is 1. The summed E-state index contributed by atoms with van der Waals surface area (Å²) in [6.45, 7) is 0. The Hall–Kier alpha value is -0.850. The first-order chi connectivity index (χ1) is 6.60. The molecular weight excluding hydrogens is 302 g/mol. The Kier molecular flexibility index (Phi) is 3.68. The second kappa shape index (κ2) is 4.59. The second-order valence-electron chi connectivity index (χ2n) is 2.46. The van der Waals surface area contributed by atoms with Crippen LogP contribution >= 0.6 is 22.6 Å². The molecule has 0 unspecified atom stereocenters. The first kappa shape index (κ1) is 11.2. The van der Waals surface area contributed by atoms with E-state index in [1.807, 2.05) is 22.6 Å². The van der Waals surface area contributed by atoms with Gasteiger partial charge in [0.2, 0.25) is 0 Å². The summed E-state index contributed by atoms with van der Waals surface area (Å²) >= 11 is 1.97. The highest BCUT2D eigenvalue weighted by Gasteiger charge is 2.17. The van der Waals surface area contributed by atoms with Crippen LogP contribution in [0.1, 0.15) is 10.4 Å². The zero-order chi connectivity index (χ0) is 10.7. The van der Waals surface area contributed by atoms with Crippen molar-refractivity contribution >= 4 is 28.6 Å². The van der Waals surface area contributed by atoms with Gasteiger partial charge in [-0.05, 0) is 34.7 Å². The van der Waals surface area contributed by atoms with Gasteiger partial charge in [0.15, 0.2) is 11.6 Å². The van der Waals surface area contributed by atoms with Gasteiger partial charge in [0.1, 0.15) is 5.56 Å². The van der Waals surface area contributed by atoms with Gasteiger partial charge in [-0.15, -0.1) is 0 Å². The molecule has 5 heteroatoms. The topological polar surface area (TPSA) is 35.5 Å². The summed E-state index contributed by atoms with van der Waals surface area (Å²) in [6, 6.07) is 2.91. The minimum atomic E-state index is -0.709. The van der Waals surface area contributed by atoms with Gasteiger partial charge in [0.05, 0.1) is 14.2 Å². The van der Waals surface area contributed by atoms with Crippen molar-refractivity contribution in [2.75, 3.05) is 14.2 Å². The third-order valence-corrected chi connectivity index (χ3v) is 2.25. The molecule has 0 aliphatic heterocycles. The molecule has 1 aromatic carbocycles. The Bertz CT molecular complexity index is 365. The van der Waals surface area contributed by atoms with Gasteiger partial charge < -0.3 is 9.47 Å². The molecule has 0 fully saturated rings. The SMILES string of the molecule is COC(=O)c1cc(I)cc(OC)c1F. The Morgan fingerprint density at radius 2 is 2.07 bits per heavy atom. The molecule has 0 saturated heterocycles. The standard InChI is InChI=1S/C9H8FIO3/c1-13-7-4-5(11)3-6(8(7)10)9(12)14-2/h3-4H,1-2H3. The van der Waals surface area contributed by atoms with Crippen LogP contribution < -0.4 is 4.74 Å². The third-order valence-electron chi connectivity index (χ3n) is 1.63. The Morgan fingerprint density at radius 3 is 2.57 bits per heavy atom. The van der Waals surface area contributed by atoms with E-state index in [-0.39, 0.29) is 11.3 Å². The molecule has 0 saturated carbocycles. The largest absolute Gasteiger partial charge is 0.494 e. The highest BCUT2D eigenvalue weighted by molar-refractivity contribution is 14.1. The number of esters is 1. The van der Waals surface area contributed by atoms with Gasteiger partial charge in [-0.3, -0.25) is 0 Å². The van der Waals surface area contributed by atoms with Gasteiger partial charge in [0.25, 0.3) is 0 Å². The molecule has 76 valence electrons. The Morgan fingerprint density at radius 1 is 1.43 bits per heavy atom. The summed E-state index contributed by atoms with van der Waals surface area (Å²) in [5, 5.41) is 0. The second-order valence-corrected chi connectivity index (χ2v) is 3.71. The highest BCUT2D eigenvalue weighted by atomic mass is 127. The van der Waals surface area contributed by atoms with Crippen LogP contribution in [0.5, 0.6) is 5.75 Å². The zero-order valence-electron chi connectivity index (χ0n) is 7.64. The molecular formula is C9H8FIO3. The number of halogens is 2. The Labute approximate surface area is 94.3 Å².